The number of nitrogens with two attached hydrogens (primary N) is 1. The minimum Gasteiger partial charge on any atom is -0.350 e. The van der Waals surface area contributed by atoms with Crippen LogP contribution in [0.5, 0.6) is 0 Å². The van der Waals surface area contributed by atoms with Crippen LogP contribution in [-0.2, 0) is 0 Å². The molecule has 0 saturated carbocycles. The first kappa shape index (κ1) is 14.6. The number of nitrogens with zero attached hydrogens (tertiary/aromatic N) is 1. The number of carbonyl (C=O) groups is 1. The number of thioether (sulfide) groups is 1. The minimum atomic E-state index is -0.187. The molecule has 1 atom stereocenters. The number of nitrogen functional groups attached to an aromatic ring is 1. The Balaban J connectivity index is 2.28. The molecule has 1 aromatic carbocycles. The Morgan fingerprint density at radius 1 is 1.45 bits per heavy atom. The van der Waals surface area contributed by atoms with E-state index in [1.54, 1.807) is 17.8 Å². The second-order valence-electron chi connectivity index (χ2n) is 4.48. The molecule has 2 rings (SSSR count). The third kappa shape index (κ3) is 3.20. The normalized spacial score (nSPS) is 12.2. The molecule has 2 aromatic rings. The predicted molar refractivity (Wildman–Crippen MR) is 84.9 cm³/mol. The van der Waals surface area contributed by atoms with Gasteiger partial charge >= 0.3 is 0 Å². The number of rotatable bonds is 5. The first-order chi connectivity index (χ1) is 9.65. The van der Waals surface area contributed by atoms with Crippen LogP contribution >= 0.6 is 11.8 Å². The SMILES string of the molecule is CSC(C)CNC(=O)c1cc2ccccc2c(NN)n1. The summed E-state index contributed by atoms with van der Waals surface area (Å²) in [5.74, 6) is 5.80. The highest BCUT2D eigenvalue weighted by atomic mass is 32.2. The first-order valence-electron chi connectivity index (χ1n) is 6.33. The molecule has 0 aliphatic rings. The molecule has 5 nitrogen and oxygen atoms in total. The highest BCUT2D eigenvalue weighted by molar-refractivity contribution is 7.99. The van der Waals surface area contributed by atoms with Gasteiger partial charge in [0.2, 0.25) is 0 Å². The summed E-state index contributed by atoms with van der Waals surface area (Å²) in [6.45, 7) is 2.67. The van der Waals surface area contributed by atoms with E-state index in [9.17, 15) is 4.79 Å². The first-order valence-corrected chi connectivity index (χ1v) is 7.62. The van der Waals surface area contributed by atoms with Crippen LogP contribution in [0.1, 0.15) is 17.4 Å². The molecule has 106 valence electrons. The van der Waals surface area contributed by atoms with Gasteiger partial charge in [-0.15, -0.1) is 0 Å². The second-order valence-corrected chi connectivity index (χ2v) is 5.75. The zero-order valence-electron chi connectivity index (χ0n) is 11.5. The van der Waals surface area contributed by atoms with E-state index in [-0.39, 0.29) is 5.91 Å². The van der Waals surface area contributed by atoms with E-state index >= 15 is 0 Å². The second kappa shape index (κ2) is 6.58. The lowest BCUT2D eigenvalue weighted by atomic mass is 10.1. The molecule has 0 aliphatic carbocycles. The number of hydrogen-bond acceptors (Lipinski definition) is 5. The van der Waals surface area contributed by atoms with Gasteiger partial charge in [0.05, 0.1) is 0 Å². The Morgan fingerprint density at radius 3 is 2.90 bits per heavy atom. The maximum atomic E-state index is 12.1. The Hall–Kier alpha value is -1.79. The van der Waals surface area contributed by atoms with Gasteiger partial charge in [-0.2, -0.15) is 11.8 Å². The van der Waals surface area contributed by atoms with Crippen LogP contribution in [0.2, 0.25) is 0 Å². The number of carbonyl (C=O) groups excluding carboxylic acids is 1. The predicted octanol–water partition coefficient (Wildman–Crippen LogP) is 2.00. The number of nitrogens with one attached hydrogen (secondary N) is 2. The third-order valence-electron chi connectivity index (χ3n) is 3.06. The monoisotopic (exact) mass is 290 g/mol. The molecular weight excluding hydrogens is 272 g/mol. The number of pyridine rings is 1. The number of anilines is 1. The molecule has 0 bridgehead atoms. The van der Waals surface area contributed by atoms with Crippen molar-refractivity contribution < 1.29 is 4.79 Å². The maximum absolute atomic E-state index is 12.1. The summed E-state index contributed by atoms with van der Waals surface area (Å²) >= 11 is 1.70. The van der Waals surface area contributed by atoms with E-state index in [0.29, 0.717) is 23.3 Å². The summed E-state index contributed by atoms with van der Waals surface area (Å²) in [5, 5.41) is 5.06. The lowest BCUT2D eigenvalue weighted by Crippen LogP contribution is -2.30. The van der Waals surface area contributed by atoms with Crippen molar-refractivity contribution in [3.63, 3.8) is 0 Å². The molecule has 0 fully saturated rings. The summed E-state index contributed by atoms with van der Waals surface area (Å²) in [7, 11) is 0. The lowest BCUT2D eigenvalue weighted by Gasteiger charge is -2.11. The molecule has 1 unspecified atom stereocenters. The molecule has 1 heterocycles. The average Bonchev–Trinajstić information content (AvgIpc) is 2.50. The van der Waals surface area contributed by atoms with Gasteiger partial charge in [-0.1, -0.05) is 31.2 Å². The largest absolute Gasteiger partial charge is 0.350 e. The number of fused-ring (bicyclic) bond motifs is 1. The fraction of sp³-hybridized carbons (Fsp3) is 0.286. The van der Waals surface area contributed by atoms with Crippen LogP contribution in [0, 0.1) is 0 Å². The average molecular weight is 290 g/mol. The summed E-state index contributed by atoms with van der Waals surface area (Å²) in [5.41, 5.74) is 2.91. The number of aromatic nitrogens is 1. The van der Waals surface area contributed by atoms with Gasteiger partial charge in [-0.3, -0.25) is 4.79 Å². The molecule has 0 aliphatic heterocycles. The zero-order valence-corrected chi connectivity index (χ0v) is 12.3. The van der Waals surface area contributed by atoms with Crippen molar-refractivity contribution >= 4 is 34.3 Å². The fourth-order valence-corrected chi connectivity index (χ4v) is 2.09. The van der Waals surface area contributed by atoms with Crippen molar-refractivity contribution in [2.24, 2.45) is 5.84 Å². The van der Waals surface area contributed by atoms with Gasteiger partial charge in [0.15, 0.2) is 0 Å². The molecule has 0 spiro atoms. The van der Waals surface area contributed by atoms with Crippen molar-refractivity contribution in [3.05, 3.63) is 36.0 Å². The van der Waals surface area contributed by atoms with E-state index in [4.69, 9.17) is 5.84 Å². The lowest BCUT2D eigenvalue weighted by molar-refractivity contribution is 0.0949. The molecule has 0 saturated heterocycles. The van der Waals surface area contributed by atoms with Gasteiger partial charge in [-0.25, -0.2) is 10.8 Å². The van der Waals surface area contributed by atoms with E-state index in [1.165, 1.54) is 0 Å². The molecule has 0 radical (unpaired) electrons. The van der Waals surface area contributed by atoms with Crippen molar-refractivity contribution in [2.45, 2.75) is 12.2 Å². The Kier molecular flexibility index (Phi) is 4.81. The summed E-state index contributed by atoms with van der Waals surface area (Å²) < 4.78 is 0. The fourth-order valence-electron chi connectivity index (χ4n) is 1.84. The Morgan fingerprint density at radius 2 is 2.20 bits per heavy atom. The summed E-state index contributed by atoms with van der Waals surface area (Å²) in [4.78, 5) is 16.4. The van der Waals surface area contributed by atoms with Crippen molar-refractivity contribution in [3.8, 4) is 0 Å². The van der Waals surface area contributed by atoms with Crippen LogP contribution in [0.15, 0.2) is 30.3 Å². The van der Waals surface area contributed by atoms with E-state index in [1.807, 2.05) is 30.5 Å². The standard InChI is InChI=1S/C14H18N4OS/c1-9(20-2)8-16-14(19)12-7-10-5-3-4-6-11(10)13(17-12)18-15/h3-7,9H,8,15H2,1-2H3,(H,16,19)(H,17,18). The number of benzene rings is 1. The number of amides is 1. The molecule has 6 heteroatoms. The zero-order chi connectivity index (χ0) is 14.5. The molecule has 20 heavy (non-hydrogen) atoms. The van der Waals surface area contributed by atoms with Crippen molar-refractivity contribution in [1.82, 2.24) is 10.3 Å². The number of hydrazine groups is 1. The molecular formula is C14H18N4OS. The van der Waals surface area contributed by atoms with Crippen LogP contribution in [-0.4, -0.2) is 28.9 Å². The van der Waals surface area contributed by atoms with Gasteiger partial charge in [0, 0.05) is 17.2 Å². The summed E-state index contributed by atoms with van der Waals surface area (Å²) in [6, 6.07) is 9.44. The van der Waals surface area contributed by atoms with E-state index in [2.05, 4.69) is 22.7 Å². The third-order valence-corrected chi connectivity index (χ3v) is 4.03. The van der Waals surface area contributed by atoms with Crippen molar-refractivity contribution in [1.29, 1.82) is 0 Å². The van der Waals surface area contributed by atoms with Crippen LogP contribution < -0.4 is 16.6 Å². The van der Waals surface area contributed by atoms with Crippen LogP contribution in [0.25, 0.3) is 10.8 Å². The highest BCUT2D eigenvalue weighted by Crippen LogP contribution is 2.21. The van der Waals surface area contributed by atoms with E-state index < -0.39 is 0 Å². The Bertz CT molecular complexity index is 617. The van der Waals surface area contributed by atoms with Crippen molar-refractivity contribution in [2.75, 3.05) is 18.2 Å². The van der Waals surface area contributed by atoms with Crippen LogP contribution in [0.4, 0.5) is 5.82 Å². The maximum Gasteiger partial charge on any atom is 0.270 e. The minimum absolute atomic E-state index is 0.187. The Labute approximate surface area is 122 Å². The molecule has 1 amide bonds. The van der Waals surface area contributed by atoms with Gasteiger partial charge in [0.1, 0.15) is 11.5 Å². The molecule has 4 N–H and O–H groups in total. The quantitative estimate of drug-likeness (QED) is 0.580. The van der Waals surface area contributed by atoms with E-state index in [0.717, 1.165) is 10.8 Å². The van der Waals surface area contributed by atoms with Gasteiger partial charge < -0.3 is 10.7 Å². The van der Waals surface area contributed by atoms with Gasteiger partial charge in [0.25, 0.3) is 5.91 Å². The van der Waals surface area contributed by atoms with Gasteiger partial charge in [-0.05, 0) is 17.7 Å². The highest BCUT2D eigenvalue weighted by Gasteiger charge is 2.12. The number of hydrogen-bond donors (Lipinski definition) is 3. The topological polar surface area (TPSA) is 80.0 Å². The smallest absolute Gasteiger partial charge is 0.270 e. The molecule has 1 aromatic heterocycles. The van der Waals surface area contributed by atoms with Crippen LogP contribution in [0.3, 0.4) is 0 Å². The summed E-state index contributed by atoms with van der Waals surface area (Å²) in [6.07, 6.45) is 2.02.